The van der Waals surface area contributed by atoms with Crippen LogP contribution in [0.1, 0.15) is 13.3 Å². The van der Waals surface area contributed by atoms with Crippen molar-refractivity contribution in [2.24, 2.45) is 0 Å². The van der Waals surface area contributed by atoms with Crippen LogP contribution in [-0.2, 0) is 4.79 Å². The molecule has 1 fully saturated rings. The van der Waals surface area contributed by atoms with Crippen molar-refractivity contribution in [3.63, 3.8) is 0 Å². The molecule has 1 aliphatic heterocycles. The molecule has 7 heteroatoms. The molecule has 1 aromatic carbocycles. The number of hydrogen-bond donors (Lipinski definition) is 2. The molecule has 1 saturated heterocycles. The summed E-state index contributed by atoms with van der Waals surface area (Å²) in [6.45, 7) is 1.93. The van der Waals surface area contributed by atoms with Crippen LogP contribution in [0.25, 0.3) is 0 Å². The summed E-state index contributed by atoms with van der Waals surface area (Å²) in [5.74, 6) is -0.577. The minimum atomic E-state index is -0.984. The lowest BCUT2D eigenvalue weighted by Gasteiger charge is -2.26. The lowest BCUT2D eigenvalue weighted by molar-refractivity contribution is -0.141. The standard InChI is InChI=1S/C13H15ClN2O3S/c1-2-11-16(10(7-20-11)12(17)18)13(19)15-9-6-4-3-5-8(9)14/h3-6,10-11H,2,7H2,1H3,(H,15,19)(H,17,18). The number of amides is 2. The number of aliphatic carboxylic acids is 1. The van der Waals surface area contributed by atoms with E-state index in [0.29, 0.717) is 22.9 Å². The molecular formula is C13H15ClN2O3S. The van der Waals surface area contributed by atoms with Crippen LogP contribution in [0.5, 0.6) is 0 Å². The van der Waals surface area contributed by atoms with E-state index in [1.165, 1.54) is 16.7 Å². The van der Waals surface area contributed by atoms with E-state index in [4.69, 9.17) is 11.6 Å². The van der Waals surface area contributed by atoms with Gasteiger partial charge in [0.1, 0.15) is 6.04 Å². The van der Waals surface area contributed by atoms with Crippen molar-refractivity contribution in [2.75, 3.05) is 11.1 Å². The fourth-order valence-corrected chi connectivity index (χ4v) is 3.61. The Hall–Kier alpha value is -1.40. The van der Waals surface area contributed by atoms with E-state index in [9.17, 15) is 14.7 Å². The summed E-state index contributed by atoms with van der Waals surface area (Å²) in [5.41, 5.74) is 0.482. The highest BCUT2D eigenvalue weighted by Gasteiger charge is 2.40. The SMILES string of the molecule is CCC1SCC(C(=O)O)N1C(=O)Nc1ccccc1Cl. The number of nitrogens with one attached hydrogen (secondary N) is 1. The highest BCUT2D eigenvalue weighted by atomic mass is 35.5. The summed E-state index contributed by atoms with van der Waals surface area (Å²) in [5, 5.41) is 12.2. The maximum Gasteiger partial charge on any atom is 0.327 e. The minimum Gasteiger partial charge on any atom is -0.480 e. The monoisotopic (exact) mass is 314 g/mol. The van der Waals surface area contributed by atoms with Crippen molar-refractivity contribution in [1.29, 1.82) is 0 Å². The summed E-state index contributed by atoms with van der Waals surface area (Å²) >= 11 is 7.47. The number of hydrogen-bond acceptors (Lipinski definition) is 3. The Balaban J connectivity index is 2.17. The molecule has 108 valence electrons. The van der Waals surface area contributed by atoms with Crippen LogP contribution in [0, 0.1) is 0 Å². The van der Waals surface area contributed by atoms with Crippen molar-refractivity contribution in [2.45, 2.75) is 24.8 Å². The zero-order valence-corrected chi connectivity index (χ0v) is 12.4. The molecule has 2 unspecified atom stereocenters. The van der Waals surface area contributed by atoms with Crippen molar-refractivity contribution < 1.29 is 14.7 Å². The van der Waals surface area contributed by atoms with Gasteiger partial charge in [-0.3, -0.25) is 4.90 Å². The van der Waals surface area contributed by atoms with E-state index in [1.54, 1.807) is 24.3 Å². The first kappa shape index (κ1) is 15.0. The predicted octanol–water partition coefficient (Wildman–Crippen LogP) is 3.11. The summed E-state index contributed by atoms with van der Waals surface area (Å²) < 4.78 is 0. The van der Waals surface area contributed by atoms with Crippen LogP contribution in [0.3, 0.4) is 0 Å². The van der Waals surface area contributed by atoms with Crippen LogP contribution >= 0.6 is 23.4 Å². The van der Waals surface area contributed by atoms with Crippen LogP contribution in [-0.4, -0.2) is 39.2 Å². The molecule has 1 heterocycles. The van der Waals surface area contributed by atoms with E-state index < -0.39 is 18.0 Å². The lowest BCUT2D eigenvalue weighted by atomic mass is 10.2. The lowest BCUT2D eigenvalue weighted by Crippen LogP contribution is -2.47. The van der Waals surface area contributed by atoms with Gasteiger partial charge < -0.3 is 10.4 Å². The molecule has 0 aliphatic carbocycles. The second-order valence-electron chi connectivity index (χ2n) is 4.37. The van der Waals surface area contributed by atoms with Crippen molar-refractivity contribution >= 4 is 41.1 Å². The number of carboxylic acid groups (broad SMARTS) is 1. The molecule has 0 saturated carbocycles. The zero-order chi connectivity index (χ0) is 14.7. The number of thioether (sulfide) groups is 1. The van der Waals surface area contributed by atoms with Crippen LogP contribution < -0.4 is 5.32 Å². The summed E-state index contributed by atoms with van der Waals surface area (Å²) in [6, 6.07) is 5.64. The number of rotatable bonds is 3. The van der Waals surface area contributed by atoms with E-state index in [1.807, 2.05) is 6.92 Å². The Morgan fingerprint density at radius 3 is 2.80 bits per heavy atom. The highest BCUT2D eigenvalue weighted by molar-refractivity contribution is 8.00. The number of halogens is 1. The van der Waals surface area contributed by atoms with Gasteiger partial charge in [0, 0.05) is 5.75 Å². The molecule has 2 N–H and O–H groups in total. The largest absolute Gasteiger partial charge is 0.480 e. The predicted molar refractivity (Wildman–Crippen MR) is 80.3 cm³/mol. The van der Waals surface area contributed by atoms with Gasteiger partial charge in [0.05, 0.1) is 16.1 Å². The molecule has 2 rings (SSSR count). The van der Waals surface area contributed by atoms with E-state index in [-0.39, 0.29) is 5.37 Å². The fourth-order valence-electron chi connectivity index (χ4n) is 2.08. The summed E-state index contributed by atoms with van der Waals surface area (Å²) in [7, 11) is 0. The Labute approximate surface area is 126 Å². The second kappa shape index (κ2) is 6.37. The average Bonchev–Trinajstić information content (AvgIpc) is 2.85. The molecule has 0 bridgehead atoms. The first-order chi connectivity index (χ1) is 9.54. The number of urea groups is 1. The quantitative estimate of drug-likeness (QED) is 0.899. The van der Waals surface area contributed by atoms with Crippen molar-refractivity contribution in [3.05, 3.63) is 29.3 Å². The van der Waals surface area contributed by atoms with Gasteiger partial charge in [-0.25, -0.2) is 9.59 Å². The summed E-state index contributed by atoms with van der Waals surface area (Å²) in [4.78, 5) is 25.0. The molecule has 2 atom stereocenters. The van der Waals surface area contributed by atoms with Crippen LogP contribution in [0.4, 0.5) is 10.5 Å². The van der Waals surface area contributed by atoms with Gasteiger partial charge in [-0.2, -0.15) is 0 Å². The number of para-hydroxylation sites is 1. The number of carbonyl (C=O) groups is 2. The average molecular weight is 315 g/mol. The van der Waals surface area contributed by atoms with E-state index in [2.05, 4.69) is 5.32 Å². The molecule has 0 spiro atoms. The van der Waals surface area contributed by atoms with Gasteiger partial charge in [-0.15, -0.1) is 11.8 Å². The van der Waals surface area contributed by atoms with E-state index >= 15 is 0 Å². The molecule has 2 amide bonds. The molecule has 1 aromatic rings. The van der Waals surface area contributed by atoms with Gasteiger partial charge in [-0.05, 0) is 18.6 Å². The maximum atomic E-state index is 12.3. The molecule has 1 aliphatic rings. The van der Waals surface area contributed by atoms with Crippen molar-refractivity contribution in [1.82, 2.24) is 4.90 Å². The first-order valence-electron chi connectivity index (χ1n) is 6.22. The zero-order valence-electron chi connectivity index (χ0n) is 10.9. The topological polar surface area (TPSA) is 69.6 Å². The van der Waals surface area contributed by atoms with Gasteiger partial charge in [-0.1, -0.05) is 30.7 Å². The Kier molecular flexibility index (Phi) is 4.77. The first-order valence-corrected chi connectivity index (χ1v) is 7.65. The molecule has 20 heavy (non-hydrogen) atoms. The third kappa shape index (κ3) is 3.02. The smallest absolute Gasteiger partial charge is 0.327 e. The fraction of sp³-hybridized carbons (Fsp3) is 0.385. The van der Waals surface area contributed by atoms with Gasteiger partial charge in [0.15, 0.2) is 0 Å². The minimum absolute atomic E-state index is 0.126. The van der Waals surface area contributed by atoms with Crippen LogP contribution in [0.2, 0.25) is 5.02 Å². The van der Waals surface area contributed by atoms with E-state index in [0.717, 1.165) is 0 Å². The number of benzene rings is 1. The Bertz CT molecular complexity index is 526. The molecule has 5 nitrogen and oxygen atoms in total. The number of anilines is 1. The Morgan fingerprint density at radius 1 is 1.50 bits per heavy atom. The normalized spacial score (nSPS) is 21.8. The third-order valence-electron chi connectivity index (χ3n) is 3.08. The Morgan fingerprint density at radius 2 is 2.20 bits per heavy atom. The number of carbonyl (C=O) groups excluding carboxylic acids is 1. The molecule has 0 aromatic heterocycles. The molecule has 0 radical (unpaired) electrons. The van der Waals surface area contributed by atoms with Crippen molar-refractivity contribution in [3.8, 4) is 0 Å². The number of nitrogens with zero attached hydrogens (tertiary/aromatic N) is 1. The number of carboxylic acids is 1. The second-order valence-corrected chi connectivity index (χ2v) is 5.99. The summed E-state index contributed by atoms with van der Waals surface area (Å²) in [6.07, 6.45) is 0.699. The maximum absolute atomic E-state index is 12.3. The van der Waals surface area contributed by atoms with Gasteiger partial charge >= 0.3 is 12.0 Å². The highest BCUT2D eigenvalue weighted by Crippen LogP contribution is 2.32. The third-order valence-corrected chi connectivity index (χ3v) is 4.86. The van der Waals surface area contributed by atoms with Gasteiger partial charge in [0.2, 0.25) is 0 Å². The van der Waals surface area contributed by atoms with Crippen LogP contribution in [0.15, 0.2) is 24.3 Å². The van der Waals surface area contributed by atoms with Gasteiger partial charge in [0.25, 0.3) is 0 Å². The molecular weight excluding hydrogens is 300 g/mol.